The summed E-state index contributed by atoms with van der Waals surface area (Å²) in [5, 5.41) is 14.8. The van der Waals surface area contributed by atoms with Gasteiger partial charge in [0.1, 0.15) is 0 Å². The molecule has 0 amide bonds. The van der Waals surface area contributed by atoms with Crippen LogP contribution in [0.4, 0.5) is 0 Å². The molecule has 1 saturated heterocycles. The molecule has 3 heteroatoms. The minimum absolute atomic E-state index is 0.137. The van der Waals surface area contributed by atoms with Gasteiger partial charge in [-0.1, -0.05) is 0 Å². The minimum atomic E-state index is 0.137. The quantitative estimate of drug-likeness (QED) is 0.407. The van der Waals surface area contributed by atoms with Crippen molar-refractivity contribution >= 4 is 0 Å². The van der Waals surface area contributed by atoms with Gasteiger partial charge in [0.15, 0.2) is 0 Å². The first-order valence-electron chi connectivity index (χ1n) is 3.48. The zero-order valence-electron chi connectivity index (χ0n) is 5.30. The predicted molar refractivity (Wildman–Crippen MR) is 33.9 cm³/mol. The van der Waals surface area contributed by atoms with Crippen molar-refractivity contribution < 1.29 is 5.11 Å². The molecule has 2 rings (SSSR count). The van der Waals surface area contributed by atoms with Crippen molar-refractivity contribution in [1.29, 1.82) is 0 Å². The number of fused-ring (bicyclic) bond motifs is 1. The van der Waals surface area contributed by atoms with E-state index in [2.05, 4.69) is 10.6 Å². The lowest BCUT2D eigenvalue weighted by molar-refractivity contribution is 0.252. The second-order valence-electron chi connectivity index (χ2n) is 2.87. The highest BCUT2D eigenvalue weighted by Crippen LogP contribution is 2.41. The molecule has 0 spiro atoms. The molecule has 9 heavy (non-hydrogen) atoms. The third kappa shape index (κ3) is 0.764. The third-order valence-corrected chi connectivity index (χ3v) is 2.42. The minimum Gasteiger partial charge on any atom is -0.381 e. The molecule has 2 aliphatic rings. The summed E-state index contributed by atoms with van der Waals surface area (Å²) >= 11 is 0. The van der Waals surface area contributed by atoms with Crippen LogP contribution in [0.2, 0.25) is 0 Å². The van der Waals surface area contributed by atoms with E-state index in [4.69, 9.17) is 5.11 Å². The normalized spacial score (nSPS) is 47.0. The molecule has 0 radical (unpaired) electrons. The van der Waals surface area contributed by atoms with Crippen LogP contribution < -0.4 is 10.6 Å². The Hall–Kier alpha value is -0.120. The van der Waals surface area contributed by atoms with Crippen LogP contribution in [-0.4, -0.2) is 31.0 Å². The van der Waals surface area contributed by atoms with Gasteiger partial charge in [0.2, 0.25) is 0 Å². The van der Waals surface area contributed by atoms with E-state index in [-0.39, 0.29) is 6.73 Å². The summed E-state index contributed by atoms with van der Waals surface area (Å²) in [6.45, 7) is 2.42. The maximum Gasteiger partial charge on any atom is 0.0933 e. The van der Waals surface area contributed by atoms with E-state index in [0.29, 0.717) is 6.04 Å². The van der Waals surface area contributed by atoms with E-state index >= 15 is 0 Å². The van der Waals surface area contributed by atoms with Gasteiger partial charge in [-0.3, -0.25) is 5.32 Å². The highest BCUT2D eigenvalue weighted by atomic mass is 16.3. The summed E-state index contributed by atoms with van der Waals surface area (Å²) in [6.07, 6.45) is 0. The van der Waals surface area contributed by atoms with Crippen LogP contribution in [0.1, 0.15) is 0 Å². The molecule has 0 aromatic rings. The molecule has 1 aliphatic carbocycles. The van der Waals surface area contributed by atoms with Gasteiger partial charge in [0.05, 0.1) is 6.73 Å². The SMILES string of the molecule is OCNC1C2CNCC21. The van der Waals surface area contributed by atoms with Gasteiger partial charge in [-0.05, 0) is 24.9 Å². The molecule has 2 fully saturated rings. The molecule has 2 atom stereocenters. The number of piperidine rings is 1. The molecule has 1 heterocycles. The van der Waals surface area contributed by atoms with Crippen molar-refractivity contribution in [1.82, 2.24) is 10.6 Å². The van der Waals surface area contributed by atoms with Gasteiger partial charge in [-0.2, -0.15) is 0 Å². The molecule has 2 unspecified atom stereocenters. The maximum atomic E-state index is 8.50. The fraction of sp³-hybridized carbons (Fsp3) is 1.00. The van der Waals surface area contributed by atoms with Gasteiger partial charge < -0.3 is 10.4 Å². The van der Waals surface area contributed by atoms with E-state index < -0.39 is 0 Å². The summed E-state index contributed by atoms with van der Waals surface area (Å²) in [6, 6.07) is 0.622. The standard InChI is InChI=1S/C6H12N2O/c9-3-8-6-4-1-7-2-5(4)6/h4-9H,1-3H2. The van der Waals surface area contributed by atoms with Crippen molar-refractivity contribution in [3.63, 3.8) is 0 Å². The molecule has 3 N–H and O–H groups in total. The number of hydrogen-bond donors (Lipinski definition) is 3. The fourth-order valence-electron chi connectivity index (χ4n) is 1.83. The Morgan fingerprint density at radius 2 is 2.11 bits per heavy atom. The molecular weight excluding hydrogens is 116 g/mol. The summed E-state index contributed by atoms with van der Waals surface area (Å²) in [5.41, 5.74) is 0. The van der Waals surface area contributed by atoms with E-state index in [9.17, 15) is 0 Å². The predicted octanol–water partition coefficient (Wildman–Crippen LogP) is -1.26. The van der Waals surface area contributed by atoms with Gasteiger partial charge in [-0.25, -0.2) is 0 Å². The molecule has 0 aromatic heterocycles. The monoisotopic (exact) mass is 128 g/mol. The summed E-state index contributed by atoms with van der Waals surface area (Å²) < 4.78 is 0. The van der Waals surface area contributed by atoms with Gasteiger partial charge in [0, 0.05) is 6.04 Å². The lowest BCUT2D eigenvalue weighted by Gasteiger charge is -2.02. The number of aliphatic hydroxyl groups is 1. The van der Waals surface area contributed by atoms with Gasteiger partial charge in [-0.15, -0.1) is 0 Å². The molecule has 1 saturated carbocycles. The first kappa shape index (κ1) is 5.65. The number of hydrogen-bond acceptors (Lipinski definition) is 3. The van der Waals surface area contributed by atoms with Crippen LogP contribution in [0.5, 0.6) is 0 Å². The van der Waals surface area contributed by atoms with Gasteiger partial charge in [0.25, 0.3) is 0 Å². The number of nitrogens with one attached hydrogen (secondary N) is 2. The van der Waals surface area contributed by atoms with E-state index in [1.165, 1.54) is 0 Å². The zero-order chi connectivity index (χ0) is 6.27. The second kappa shape index (κ2) is 1.94. The molecule has 1 aliphatic heterocycles. The zero-order valence-corrected chi connectivity index (χ0v) is 5.30. The Labute approximate surface area is 54.4 Å². The Kier molecular flexibility index (Phi) is 1.22. The number of rotatable bonds is 2. The van der Waals surface area contributed by atoms with Crippen molar-refractivity contribution in [2.45, 2.75) is 6.04 Å². The highest BCUT2D eigenvalue weighted by Gasteiger charge is 2.52. The Bertz CT molecular complexity index is 108. The van der Waals surface area contributed by atoms with Crippen LogP contribution in [0.15, 0.2) is 0 Å². The van der Waals surface area contributed by atoms with E-state index in [0.717, 1.165) is 24.9 Å². The lowest BCUT2D eigenvalue weighted by Crippen LogP contribution is -2.27. The summed E-state index contributed by atoms with van der Waals surface area (Å²) in [7, 11) is 0. The summed E-state index contributed by atoms with van der Waals surface area (Å²) in [5.74, 6) is 1.63. The molecule has 0 aromatic carbocycles. The Balaban J connectivity index is 1.81. The topological polar surface area (TPSA) is 44.3 Å². The van der Waals surface area contributed by atoms with E-state index in [1.807, 2.05) is 0 Å². The maximum absolute atomic E-state index is 8.50. The second-order valence-corrected chi connectivity index (χ2v) is 2.87. The first-order chi connectivity index (χ1) is 4.43. The molecule has 3 nitrogen and oxygen atoms in total. The largest absolute Gasteiger partial charge is 0.381 e. The lowest BCUT2D eigenvalue weighted by atomic mass is 10.4. The third-order valence-electron chi connectivity index (χ3n) is 2.42. The number of aliphatic hydroxyl groups excluding tert-OH is 1. The van der Waals surface area contributed by atoms with Crippen LogP contribution in [0.3, 0.4) is 0 Å². The molecule has 0 bridgehead atoms. The average Bonchev–Trinajstić information content (AvgIpc) is 2.39. The van der Waals surface area contributed by atoms with Crippen LogP contribution >= 0.6 is 0 Å². The van der Waals surface area contributed by atoms with Crippen LogP contribution in [0.25, 0.3) is 0 Å². The fourth-order valence-corrected chi connectivity index (χ4v) is 1.83. The highest BCUT2D eigenvalue weighted by molar-refractivity contribution is 5.08. The molecular formula is C6H12N2O. The van der Waals surface area contributed by atoms with Crippen molar-refractivity contribution in [3.05, 3.63) is 0 Å². The van der Waals surface area contributed by atoms with Crippen LogP contribution in [-0.2, 0) is 0 Å². The van der Waals surface area contributed by atoms with Gasteiger partial charge >= 0.3 is 0 Å². The van der Waals surface area contributed by atoms with Crippen molar-refractivity contribution in [3.8, 4) is 0 Å². The van der Waals surface area contributed by atoms with Crippen LogP contribution in [0, 0.1) is 11.8 Å². The van der Waals surface area contributed by atoms with E-state index in [1.54, 1.807) is 0 Å². The van der Waals surface area contributed by atoms with Crippen molar-refractivity contribution in [2.75, 3.05) is 19.8 Å². The Morgan fingerprint density at radius 1 is 1.44 bits per heavy atom. The summed E-state index contributed by atoms with van der Waals surface area (Å²) in [4.78, 5) is 0. The average molecular weight is 128 g/mol. The van der Waals surface area contributed by atoms with Crippen molar-refractivity contribution in [2.24, 2.45) is 11.8 Å². The Morgan fingerprint density at radius 3 is 2.67 bits per heavy atom. The smallest absolute Gasteiger partial charge is 0.0933 e. The first-order valence-corrected chi connectivity index (χ1v) is 3.48. The molecule has 52 valence electrons.